The molecule has 4 rings (SSSR count). The summed E-state index contributed by atoms with van der Waals surface area (Å²) in [6.07, 6.45) is 2.93. The zero-order valence-electron chi connectivity index (χ0n) is 14.8. The molecule has 4 aromatic rings. The molecular formula is C22H14BrNO4. The van der Waals surface area contributed by atoms with Crippen LogP contribution in [0.15, 0.2) is 80.7 Å². The number of ether oxygens (including phenoxy) is 1. The predicted octanol–water partition coefficient (Wildman–Crippen LogP) is 5.15. The van der Waals surface area contributed by atoms with Gasteiger partial charge < -0.3 is 9.15 Å². The van der Waals surface area contributed by atoms with E-state index in [1.165, 1.54) is 6.20 Å². The van der Waals surface area contributed by atoms with Crippen molar-refractivity contribution in [3.8, 4) is 17.1 Å². The van der Waals surface area contributed by atoms with Crippen LogP contribution in [0.3, 0.4) is 0 Å². The Hall–Kier alpha value is -3.25. The van der Waals surface area contributed by atoms with Gasteiger partial charge in [-0.2, -0.15) is 0 Å². The van der Waals surface area contributed by atoms with E-state index in [0.717, 1.165) is 5.56 Å². The Morgan fingerprint density at radius 2 is 1.86 bits per heavy atom. The number of halogens is 1. The van der Waals surface area contributed by atoms with Crippen LogP contribution in [-0.2, 0) is 0 Å². The van der Waals surface area contributed by atoms with E-state index in [-0.39, 0.29) is 17.1 Å². The van der Waals surface area contributed by atoms with Gasteiger partial charge in [0.05, 0.1) is 10.9 Å². The third-order valence-corrected chi connectivity index (χ3v) is 4.61. The van der Waals surface area contributed by atoms with Crippen LogP contribution in [-0.4, -0.2) is 11.0 Å². The van der Waals surface area contributed by atoms with Gasteiger partial charge in [-0.25, -0.2) is 4.79 Å². The van der Waals surface area contributed by atoms with Gasteiger partial charge in [0.25, 0.3) is 0 Å². The van der Waals surface area contributed by atoms with Gasteiger partial charge in [-0.1, -0.05) is 36.4 Å². The predicted molar refractivity (Wildman–Crippen MR) is 110 cm³/mol. The first-order valence-electron chi connectivity index (χ1n) is 8.48. The number of hydrogen-bond acceptors (Lipinski definition) is 5. The second kappa shape index (κ2) is 7.40. The molecule has 0 fully saturated rings. The number of aryl methyl sites for hydroxylation is 1. The monoisotopic (exact) mass is 435 g/mol. The first-order valence-corrected chi connectivity index (χ1v) is 9.28. The standard InChI is InChI=1S/C22H14BrNO4/c1-13-7-8-17-18(9-13)27-20(14-5-3-2-4-6-14)21(19(17)25)28-22(26)15-10-16(23)12-24-11-15/h2-12H,1H3. The number of pyridine rings is 1. The molecule has 0 aliphatic rings. The van der Waals surface area contributed by atoms with Crippen molar-refractivity contribution >= 4 is 32.9 Å². The lowest BCUT2D eigenvalue weighted by atomic mass is 10.1. The summed E-state index contributed by atoms with van der Waals surface area (Å²) in [4.78, 5) is 29.7. The number of fused-ring (bicyclic) bond motifs is 1. The van der Waals surface area contributed by atoms with Gasteiger partial charge in [0.2, 0.25) is 11.2 Å². The van der Waals surface area contributed by atoms with Crippen LogP contribution in [0.4, 0.5) is 0 Å². The van der Waals surface area contributed by atoms with Gasteiger partial charge in [0.15, 0.2) is 5.76 Å². The lowest BCUT2D eigenvalue weighted by Crippen LogP contribution is -2.16. The molecule has 2 aromatic carbocycles. The van der Waals surface area contributed by atoms with E-state index in [1.54, 1.807) is 36.5 Å². The lowest BCUT2D eigenvalue weighted by Gasteiger charge is -2.11. The highest BCUT2D eigenvalue weighted by Gasteiger charge is 2.21. The Morgan fingerprint density at radius 3 is 2.61 bits per heavy atom. The minimum atomic E-state index is -0.690. The molecule has 0 bridgehead atoms. The van der Waals surface area contributed by atoms with Crippen molar-refractivity contribution in [3.63, 3.8) is 0 Å². The second-order valence-electron chi connectivity index (χ2n) is 6.24. The second-order valence-corrected chi connectivity index (χ2v) is 7.15. The molecule has 2 aromatic heterocycles. The molecule has 0 aliphatic heterocycles. The van der Waals surface area contributed by atoms with Crippen molar-refractivity contribution in [1.29, 1.82) is 0 Å². The van der Waals surface area contributed by atoms with Gasteiger partial charge in [-0.3, -0.25) is 9.78 Å². The van der Waals surface area contributed by atoms with Crippen LogP contribution in [0.2, 0.25) is 0 Å². The summed E-state index contributed by atoms with van der Waals surface area (Å²) in [5, 5.41) is 0.348. The van der Waals surface area contributed by atoms with Crippen LogP contribution < -0.4 is 10.2 Å². The molecule has 0 amide bonds. The molecule has 2 heterocycles. The topological polar surface area (TPSA) is 69.4 Å². The maximum Gasteiger partial charge on any atom is 0.345 e. The van der Waals surface area contributed by atoms with Crippen LogP contribution in [0.5, 0.6) is 5.75 Å². The molecule has 0 saturated heterocycles. The third kappa shape index (κ3) is 3.46. The van der Waals surface area contributed by atoms with Crippen molar-refractivity contribution < 1.29 is 13.9 Å². The third-order valence-electron chi connectivity index (χ3n) is 4.18. The molecule has 0 atom stereocenters. The molecule has 138 valence electrons. The Labute approximate surface area is 168 Å². The zero-order valence-corrected chi connectivity index (χ0v) is 16.4. The molecule has 0 saturated carbocycles. The smallest absolute Gasteiger partial charge is 0.345 e. The average molecular weight is 436 g/mol. The highest BCUT2D eigenvalue weighted by molar-refractivity contribution is 9.10. The fourth-order valence-corrected chi connectivity index (χ4v) is 3.20. The van der Waals surface area contributed by atoms with Crippen molar-refractivity contribution in [3.05, 3.63) is 92.8 Å². The first-order chi connectivity index (χ1) is 13.5. The number of hydrogen-bond donors (Lipinski definition) is 0. The Bertz CT molecular complexity index is 1250. The summed E-state index contributed by atoms with van der Waals surface area (Å²) in [5.74, 6) is -0.628. The molecule has 6 heteroatoms. The van der Waals surface area contributed by atoms with Crippen molar-refractivity contribution in [2.75, 3.05) is 0 Å². The average Bonchev–Trinajstić information content (AvgIpc) is 2.70. The Morgan fingerprint density at radius 1 is 1.07 bits per heavy atom. The number of nitrogens with zero attached hydrogens (tertiary/aromatic N) is 1. The van der Waals surface area contributed by atoms with E-state index in [4.69, 9.17) is 9.15 Å². The van der Waals surface area contributed by atoms with Crippen LogP contribution in [0.1, 0.15) is 15.9 Å². The molecule has 0 aliphatic carbocycles. The number of aromatic nitrogens is 1. The number of esters is 1. The van der Waals surface area contributed by atoms with Crippen LogP contribution in [0, 0.1) is 6.92 Å². The molecule has 0 spiro atoms. The number of rotatable bonds is 3. The molecule has 0 N–H and O–H groups in total. The van der Waals surface area contributed by atoms with Crippen LogP contribution >= 0.6 is 15.9 Å². The maximum absolute atomic E-state index is 13.1. The summed E-state index contributed by atoms with van der Waals surface area (Å²) < 4.78 is 12.1. The normalized spacial score (nSPS) is 10.8. The quantitative estimate of drug-likeness (QED) is 0.416. The van der Waals surface area contributed by atoms with Gasteiger partial charge >= 0.3 is 5.97 Å². The van der Waals surface area contributed by atoms with Crippen molar-refractivity contribution in [2.45, 2.75) is 6.92 Å². The highest BCUT2D eigenvalue weighted by atomic mass is 79.9. The molecule has 28 heavy (non-hydrogen) atoms. The SMILES string of the molecule is Cc1ccc2c(=O)c(OC(=O)c3cncc(Br)c3)c(-c3ccccc3)oc2c1. The van der Waals surface area contributed by atoms with E-state index in [2.05, 4.69) is 20.9 Å². The van der Waals surface area contributed by atoms with E-state index < -0.39 is 11.4 Å². The minimum absolute atomic E-state index is 0.146. The van der Waals surface area contributed by atoms with E-state index >= 15 is 0 Å². The largest absolute Gasteiger partial charge is 0.452 e. The van der Waals surface area contributed by atoms with E-state index in [1.807, 2.05) is 31.2 Å². The van der Waals surface area contributed by atoms with Gasteiger partial charge in [0, 0.05) is 22.4 Å². The lowest BCUT2D eigenvalue weighted by molar-refractivity contribution is 0.0731. The summed E-state index contributed by atoms with van der Waals surface area (Å²) in [6.45, 7) is 1.91. The fraction of sp³-hybridized carbons (Fsp3) is 0.0455. The number of benzene rings is 2. The number of carbonyl (C=O) groups is 1. The minimum Gasteiger partial charge on any atom is -0.452 e. The van der Waals surface area contributed by atoms with E-state index in [9.17, 15) is 9.59 Å². The first kappa shape index (κ1) is 18.1. The van der Waals surface area contributed by atoms with Gasteiger partial charge in [-0.05, 0) is 46.6 Å². The molecule has 0 unspecified atom stereocenters. The van der Waals surface area contributed by atoms with Crippen LogP contribution in [0.25, 0.3) is 22.3 Å². The van der Waals surface area contributed by atoms with Gasteiger partial charge in [0.1, 0.15) is 5.58 Å². The van der Waals surface area contributed by atoms with Gasteiger partial charge in [-0.15, -0.1) is 0 Å². The Balaban J connectivity index is 1.90. The molecule has 0 radical (unpaired) electrons. The van der Waals surface area contributed by atoms with Crippen molar-refractivity contribution in [1.82, 2.24) is 4.98 Å². The summed E-state index contributed by atoms with van der Waals surface area (Å²) in [7, 11) is 0. The zero-order chi connectivity index (χ0) is 19.7. The molecule has 5 nitrogen and oxygen atoms in total. The summed E-state index contributed by atoms with van der Waals surface area (Å²) >= 11 is 3.27. The molecular weight excluding hydrogens is 422 g/mol. The Kier molecular flexibility index (Phi) is 4.79. The van der Waals surface area contributed by atoms with E-state index in [0.29, 0.717) is 21.0 Å². The fourth-order valence-electron chi connectivity index (χ4n) is 2.83. The van der Waals surface area contributed by atoms with Crippen molar-refractivity contribution in [2.24, 2.45) is 0 Å². The maximum atomic E-state index is 13.1. The summed E-state index contributed by atoms with van der Waals surface area (Å²) in [6, 6.07) is 15.9. The summed E-state index contributed by atoms with van der Waals surface area (Å²) in [5.41, 5.74) is 1.85. The highest BCUT2D eigenvalue weighted by Crippen LogP contribution is 2.31. The number of carbonyl (C=O) groups excluding carboxylic acids is 1.